The lowest BCUT2D eigenvalue weighted by Gasteiger charge is -2.27. The Bertz CT molecular complexity index is 341. The van der Waals surface area contributed by atoms with Crippen molar-refractivity contribution in [1.29, 1.82) is 0 Å². The smallest absolute Gasteiger partial charge is 0.0585 e. The molecule has 0 saturated heterocycles. The first-order chi connectivity index (χ1) is 8.72. The van der Waals surface area contributed by atoms with Gasteiger partial charge in [-0.05, 0) is 38.4 Å². The summed E-state index contributed by atoms with van der Waals surface area (Å²) in [5.74, 6) is 0. The van der Waals surface area contributed by atoms with Crippen molar-refractivity contribution in [3.63, 3.8) is 0 Å². The van der Waals surface area contributed by atoms with E-state index in [1.165, 1.54) is 11.3 Å². The number of para-hydroxylation sites is 1. The van der Waals surface area contributed by atoms with Crippen molar-refractivity contribution in [2.24, 2.45) is 0 Å². The minimum Gasteiger partial charge on any atom is -0.395 e. The van der Waals surface area contributed by atoms with Crippen molar-refractivity contribution >= 4 is 5.69 Å². The van der Waals surface area contributed by atoms with E-state index in [1.807, 2.05) is 0 Å². The van der Waals surface area contributed by atoms with E-state index in [4.69, 9.17) is 0 Å². The number of hydrogen-bond donors (Lipinski definition) is 2. The second-order valence-electron chi connectivity index (χ2n) is 4.59. The van der Waals surface area contributed by atoms with Crippen LogP contribution >= 0.6 is 0 Å². The van der Waals surface area contributed by atoms with Gasteiger partial charge in [-0.2, -0.15) is 0 Å². The van der Waals surface area contributed by atoms with Crippen LogP contribution in [0.25, 0.3) is 0 Å². The van der Waals surface area contributed by atoms with Crippen LogP contribution in [-0.4, -0.2) is 37.4 Å². The van der Waals surface area contributed by atoms with Crippen LogP contribution in [0.15, 0.2) is 24.3 Å². The molecule has 3 heteroatoms. The Balaban J connectivity index is 2.60. The molecule has 102 valence electrons. The van der Waals surface area contributed by atoms with Crippen molar-refractivity contribution in [3.8, 4) is 0 Å². The number of nitrogens with zero attached hydrogens (tertiary/aromatic N) is 1. The number of likely N-dealkylation sites (N-methyl/N-ethyl adjacent to an activating group) is 1. The highest BCUT2D eigenvalue weighted by Gasteiger charge is 2.10. The fraction of sp³-hybridized carbons (Fsp3) is 0.600. The number of aliphatic hydroxyl groups excluding tert-OH is 1. The van der Waals surface area contributed by atoms with Gasteiger partial charge in [0.05, 0.1) is 6.61 Å². The molecule has 18 heavy (non-hydrogen) atoms. The summed E-state index contributed by atoms with van der Waals surface area (Å²) in [4.78, 5) is 2.37. The molecule has 3 nitrogen and oxygen atoms in total. The van der Waals surface area contributed by atoms with Gasteiger partial charge in [-0.25, -0.2) is 0 Å². The van der Waals surface area contributed by atoms with Gasteiger partial charge in [-0.15, -0.1) is 0 Å². The number of hydrogen-bond acceptors (Lipinski definition) is 3. The molecule has 0 aromatic heterocycles. The average molecular weight is 250 g/mol. The van der Waals surface area contributed by atoms with E-state index in [0.29, 0.717) is 0 Å². The quantitative estimate of drug-likeness (QED) is 0.742. The van der Waals surface area contributed by atoms with Gasteiger partial charge >= 0.3 is 0 Å². The molecule has 2 N–H and O–H groups in total. The predicted octanol–water partition coefficient (Wildman–Crippen LogP) is 2.18. The van der Waals surface area contributed by atoms with Crippen molar-refractivity contribution < 1.29 is 5.11 Å². The van der Waals surface area contributed by atoms with E-state index in [9.17, 15) is 5.11 Å². The molecular formula is C15H26N2O. The van der Waals surface area contributed by atoms with Gasteiger partial charge in [-0.3, -0.25) is 0 Å². The number of aryl methyl sites for hydroxylation is 1. The molecular weight excluding hydrogens is 224 g/mol. The first kappa shape index (κ1) is 15.0. The molecule has 1 aromatic rings. The highest BCUT2D eigenvalue weighted by molar-refractivity contribution is 5.52. The highest BCUT2D eigenvalue weighted by atomic mass is 16.3. The zero-order valence-corrected chi connectivity index (χ0v) is 11.8. The summed E-state index contributed by atoms with van der Waals surface area (Å²) < 4.78 is 0. The molecule has 0 aliphatic heterocycles. The second-order valence-corrected chi connectivity index (χ2v) is 4.59. The molecule has 1 atom stereocenters. The first-order valence-electron chi connectivity index (χ1n) is 6.87. The van der Waals surface area contributed by atoms with Crippen LogP contribution in [0, 0.1) is 6.92 Å². The number of benzene rings is 1. The van der Waals surface area contributed by atoms with Gasteiger partial charge in [0.2, 0.25) is 0 Å². The topological polar surface area (TPSA) is 35.5 Å². The summed E-state index contributed by atoms with van der Waals surface area (Å²) in [5.41, 5.74) is 2.61. The minimum absolute atomic E-state index is 0.202. The largest absolute Gasteiger partial charge is 0.395 e. The average Bonchev–Trinajstić information content (AvgIpc) is 2.40. The third kappa shape index (κ3) is 4.31. The summed E-state index contributed by atoms with van der Waals surface area (Å²) in [7, 11) is 0. The van der Waals surface area contributed by atoms with Crippen LogP contribution in [0.4, 0.5) is 5.69 Å². The Morgan fingerprint density at radius 2 is 2.00 bits per heavy atom. The molecule has 0 spiro atoms. The summed E-state index contributed by atoms with van der Waals surface area (Å²) in [5, 5.41) is 12.6. The lowest BCUT2D eigenvalue weighted by Crippen LogP contribution is -2.36. The first-order valence-corrected chi connectivity index (χ1v) is 6.87. The molecule has 0 fully saturated rings. The van der Waals surface area contributed by atoms with Crippen LogP contribution in [0.3, 0.4) is 0 Å². The normalized spacial score (nSPS) is 12.4. The fourth-order valence-electron chi connectivity index (χ4n) is 2.23. The van der Waals surface area contributed by atoms with Gasteiger partial charge in [0.15, 0.2) is 0 Å². The standard InChI is InChI=1S/C15H26N2O/c1-4-16-14(12-18)10-11-17(5-2)15-9-7-6-8-13(15)3/h6-9,14,16,18H,4-5,10-12H2,1-3H3. The summed E-state index contributed by atoms with van der Waals surface area (Å²) in [6, 6.07) is 8.67. The maximum absolute atomic E-state index is 9.29. The molecule has 0 amide bonds. The zero-order valence-electron chi connectivity index (χ0n) is 11.8. The van der Waals surface area contributed by atoms with E-state index >= 15 is 0 Å². The maximum atomic E-state index is 9.29. The van der Waals surface area contributed by atoms with E-state index in [0.717, 1.165) is 26.1 Å². The molecule has 0 radical (unpaired) electrons. The number of anilines is 1. The summed E-state index contributed by atoms with van der Waals surface area (Å²) >= 11 is 0. The minimum atomic E-state index is 0.202. The SMILES string of the molecule is CCNC(CO)CCN(CC)c1ccccc1C. The zero-order chi connectivity index (χ0) is 13.4. The van der Waals surface area contributed by atoms with Gasteiger partial charge in [0, 0.05) is 24.8 Å². The molecule has 0 heterocycles. The van der Waals surface area contributed by atoms with Crippen LogP contribution in [-0.2, 0) is 0 Å². The fourth-order valence-corrected chi connectivity index (χ4v) is 2.23. The Morgan fingerprint density at radius 3 is 2.56 bits per heavy atom. The lowest BCUT2D eigenvalue weighted by molar-refractivity contribution is 0.238. The molecule has 0 saturated carbocycles. The lowest BCUT2D eigenvalue weighted by atomic mass is 10.1. The Morgan fingerprint density at radius 1 is 1.28 bits per heavy atom. The monoisotopic (exact) mass is 250 g/mol. The third-order valence-electron chi connectivity index (χ3n) is 3.30. The summed E-state index contributed by atoms with van der Waals surface area (Å²) in [6.45, 7) is 9.47. The Hall–Kier alpha value is -1.06. The van der Waals surface area contributed by atoms with Crippen molar-refractivity contribution in [2.75, 3.05) is 31.1 Å². The van der Waals surface area contributed by atoms with E-state index in [2.05, 4.69) is 55.3 Å². The maximum Gasteiger partial charge on any atom is 0.0585 e. The van der Waals surface area contributed by atoms with Crippen molar-refractivity contribution in [2.45, 2.75) is 33.2 Å². The predicted molar refractivity (Wildman–Crippen MR) is 78.2 cm³/mol. The highest BCUT2D eigenvalue weighted by Crippen LogP contribution is 2.19. The van der Waals surface area contributed by atoms with Crippen LogP contribution in [0.2, 0.25) is 0 Å². The van der Waals surface area contributed by atoms with Gasteiger partial charge in [-0.1, -0.05) is 25.1 Å². The summed E-state index contributed by atoms with van der Waals surface area (Å²) in [6.07, 6.45) is 0.965. The van der Waals surface area contributed by atoms with Gasteiger partial charge in [0.25, 0.3) is 0 Å². The van der Waals surface area contributed by atoms with Crippen LogP contribution < -0.4 is 10.2 Å². The Labute approximate surface area is 111 Å². The molecule has 1 unspecified atom stereocenters. The molecule has 0 aliphatic rings. The molecule has 0 aliphatic carbocycles. The Kier molecular flexibility index (Phi) is 6.76. The number of nitrogens with one attached hydrogen (secondary N) is 1. The van der Waals surface area contributed by atoms with Crippen LogP contribution in [0.1, 0.15) is 25.8 Å². The van der Waals surface area contributed by atoms with E-state index in [1.54, 1.807) is 0 Å². The van der Waals surface area contributed by atoms with Gasteiger partial charge < -0.3 is 15.3 Å². The molecule has 1 aromatic carbocycles. The van der Waals surface area contributed by atoms with Crippen LogP contribution in [0.5, 0.6) is 0 Å². The third-order valence-corrected chi connectivity index (χ3v) is 3.30. The van der Waals surface area contributed by atoms with Crippen molar-refractivity contribution in [3.05, 3.63) is 29.8 Å². The number of aliphatic hydroxyl groups is 1. The second kappa shape index (κ2) is 8.11. The van der Waals surface area contributed by atoms with Gasteiger partial charge in [0.1, 0.15) is 0 Å². The molecule has 1 rings (SSSR count). The van der Waals surface area contributed by atoms with E-state index < -0.39 is 0 Å². The van der Waals surface area contributed by atoms with Crippen molar-refractivity contribution in [1.82, 2.24) is 5.32 Å². The molecule has 0 bridgehead atoms. The number of rotatable bonds is 8. The van der Waals surface area contributed by atoms with E-state index in [-0.39, 0.29) is 12.6 Å².